The molecule has 5 heteroatoms. The van der Waals surface area contributed by atoms with Crippen LogP contribution in [0.15, 0.2) is 18.2 Å². The summed E-state index contributed by atoms with van der Waals surface area (Å²) in [7, 11) is 0. The Labute approximate surface area is 97.8 Å². The van der Waals surface area contributed by atoms with Crippen molar-refractivity contribution in [2.24, 2.45) is 0 Å². The number of amides is 2. The lowest BCUT2D eigenvalue weighted by Gasteiger charge is -2.15. The minimum absolute atomic E-state index is 0.105. The van der Waals surface area contributed by atoms with Gasteiger partial charge in [-0.15, -0.1) is 0 Å². The highest BCUT2D eigenvalue weighted by atomic mass is 16.5. The smallest absolute Gasteiger partial charge is 0.338 e. The van der Waals surface area contributed by atoms with E-state index in [2.05, 4.69) is 5.32 Å². The molecule has 1 aliphatic rings. The number of rotatable bonds is 2. The van der Waals surface area contributed by atoms with Crippen LogP contribution < -0.4 is 5.32 Å². The number of carbonyl (C=O) groups excluding carboxylic acids is 3. The second kappa shape index (κ2) is 4.37. The van der Waals surface area contributed by atoms with Crippen LogP contribution in [0.3, 0.4) is 0 Å². The first-order valence-corrected chi connectivity index (χ1v) is 5.26. The minimum Gasteiger partial charge on any atom is -0.462 e. The zero-order chi connectivity index (χ0) is 12.4. The van der Waals surface area contributed by atoms with Gasteiger partial charge in [0.15, 0.2) is 0 Å². The van der Waals surface area contributed by atoms with Crippen LogP contribution in [-0.4, -0.2) is 24.4 Å². The lowest BCUT2D eigenvalue weighted by molar-refractivity contribution is -0.119. The van der Waals surface area contributed by atoms with Gasteiger partial charge in [0.25, 0.3) is 5.91 Å². The number of hydrogen-bond acceptors (Lipinski definition) is 4. The number of hydrogen-bond donors (Lipinski definition) is 1. The molecule has 1 aliphatic heterocycles. The van der Waals surface area contributed by atoms with Crippen molar-refractivity contribution in [2.75, 3.05) is 6.61 Å². The molecule has 17 heavy (non-hydrogen) atoms. The van der Waals surface area contributed by atoms with Gasteiger partial charge in [-0.3, -0.25) is 14.9 Å². The fraction of sp³-hybridized carbons (Fsp3) is 0.250. The van der Waals surface area contributed by atoms with E-state index in [1.54, 1.807) is 6.92 Å². The number of carbonyl (C=O) groups is 3. The van der Waals surface area contributed by atoms with E-state index in [0.29, 0.717) is 16.7 Å². The van der Waals surface area contributed by atoms with Crippen molar-refractivity contribution in [2.45, 2.75) is 13.3 Å². The molecule has 2 rings (SSSR count). The Kier molecular flexibility index (Phi) is 2.91. The van der Waals surface area contributed by atoms with E-state index in [-0.39, 0.29) is 18.9 Å². The number of ether oxygens (including phenoxy) is 1. The summed E-state index contributed by atoms with van der Waals surface area (Å²) in [5, 5.41) is 2.22. The van der Waals surface area contributed by atoms with E-state index in [4.69, 9.17) is 4.74 Å². The van der Waals surface area contributed by atoms with Crippen LogP contribution in [0.5, 0.6) is 0 Å². The van der Waals surface area contributed by atoms with E-state index in [0.717, 1.165) is 0 Å². The Morgan fingerprint density at radius 1 is 1.41 bits per heavy atom. The van der Waals surface area contributed by atoms with Crippen molar-refractivity contribution in [3.63, 3.8) is 0 Å². The summed E-state index contributed by atoms with van der Waals surface area (Å²) in [5.41, 5.74) is 1.34. The summed E-state index contributed by atoms with van der Waals surface area (Å²) >= 11 is 0. The van der Waals surface area contributed by atoms with Gasteiger partial charge in [-0.2, -0.15) is 0 Å². The van der Waals surface area contributed by atoms with Crippen LogP contribution in [0.25, 0.3) is 0 Å². The summed E-state index contributed by atoms with van der Waals surface area (Å²) in [6, 6.07) is 4.58. The number of imide groups is 1. The largest absolute Gasteiger partial charge is 0.462 e. The summed E-state index contributed by atoms with van der Waals surface area (Å²) in [6.45, 7) is 2.00. The second-order valence-electron chi connectivity index (χ2n) is 3.65. The van der Waals surface area contributed by atoms with Crippen LogP contribution in [-0.2, 0) is 16.0 Å². The maximum absolute atomic E-state index is 11.5. The van der Waals surface area contributed by atoms with E-state index in [9.17, 15) is 14.4 Å². The summed E-state index contributed by atoms with van der Waals surface area (Å²) in [4.78, 5) is 34.1. The number of esters is 1. The average Bonchev–Trinajstić information content (AvgIpc) is 2.28. The van der Waals surface area contributed by atoms with Gasteiger partial charge in [0.2, 0.25) is 5.91 Å². The molecular weight excluding hydrogens is 222 g/mol. The van der Waals surface area contributed by atoms with E-state index >= 15 is 0 Å². The van der Waals surface area contributed by atoms with Crippen molar-refractivity contribution >= 4 is 17.8 Å². The molecular formula is C12H11NO4. The maximum Gasteiger partial charge on any atom is 0.338 e. The molecule has 0 saturated heterocycles. The zero-order valence-corrected chi connectivity index (χ0v) is 9.28. The van der Waals surface area contributed by atoms with Crippen LogP contribution >= 0.6 is 0 Å². The highest BCUT2D eigenvalue weighted by Gasteiger charge is 2.23. The molecule has 5 nitrogen and oxygen atoms in total. The molecule has 1 aromatic rings. The van der Waals surface area contributed by atoms with Gasteiger partial charge in [0, 0.05) is 5.56 Å². The quantitative estimate of drug-likeness (QED) is 0.602. The lowest BCUT2D eigenvalue weighted by atomic mass is 9.97. The van der Waals surface area contributed by atoms with Gasteiger partial charge < -0.3 is 4.74 Å². The molecule has 2 amide bonds. The monoisotopic (exact) mass is 233 g/mol. The highest BCUT2D eigenvalue weighted by molar-refractivity contribution is 6.10. The first kappa shape index (κ1) is 11.3. The number of fused-ring (bicyclic) bond motifs is 1. The topological polar surface area (TPSA) is 72.5 Å². The van der Waals surface area contributed by atoms with Crippen molar-refractivity contribution in [1.82, 2.24) is 5.32 Å². The Balaban J connectivity index is 2.36. The van der Waals surface area contributed by atoms with E-state index < -0.39 is 11.9 Å². The third-order valence-corrected chi connectivity index (χ3v) is 2.46. The Morgan fingerprint density at radius 2 is 2.18 bits per heavy atom. The average molecular weight is 233 g/mol. The second-order valence-corrected chi connectivity index (χ2v) is 3.65. The first-order valence-electron chi connectivity index (χ1n) is 5.26. The Hall–Kier alpha value is -2.17. The fourth-order valence-electron chi connectivity index (χ4n) is 1.71. The van der Waals surface area contributed by atoms with Gasteiger partial charge in [0.1, 0.15) is 0 Å². The molecule has 88 valence electrons. The van der Waals surface area contributed by atoms with Crippen molar-refractivity contribution < 1.29 is 19.1 Å². The molecule has 0 saturated carbocycles. The third kappa shape index (κ3) is 2.18. The predicted octanol–water partition coefficient (Wildman–Crippen LogP) is 0.676. The predicted molar refractivity (Wildman–Crippen MR) is 58.6 cm³/mol. The first-order chi connectivity index (χ1) is 8.11. The van der Waals surface area contributed by atoms with Gasteiger partial charge in [0.05, 0.1) is 18.6 Å². The maximum atomic E-state index is 11.5. The van der Waals surface area contributed by atoms with E-state index in [1.165, 1.54) is 18.2 Å². The van der Waals surface area contributed by atoms with Crippen LogP contribution in [0.2, 0.25) is 0 Å². The molecule has 1 N–H and O–H groups in total. The van der Waals surface area contributed by atoms with Gasteiger partial charge in [-0.1, -0.05) is 0 Å². The molecule has 0 radical (unpaired) electrons. The normalized spacial score (nSPS) is 13.9. The van der Waals surface area contributed by atoms with Gasteiger partial charge >= 0.3 is 5.97 Å². The molecule has 0 aliphatic carbocycles. The molecule has 0 spiro atoms. The van der Waals surface area contributed by atoms with Crippen LogP contribution in [0, 0.1) is 0 Å². The zero-order valence-electron chi connectivity index (χ0n) is 9.28. The van der Waals surface area contributed by atoms with E-state index in [1.807, 2.05) is 0 Å². The Bertz CT molecular complexity index is 507. The molecule has 1 heterocycles. The van der Waals surface area contributed by atoms with Crippen molar-refractivity contribution in [3.8, 4) is 0 Å². The van der Waals surface area contributed by atoms with Crippen molar-refractivity contribution in [3.05, 3.63) is 34.9 Å². The van der Waals surface area contributed by atoms with Crippen LogP contribution in [0.4, 0.5) is 0 Å². The minimum atomic E-state index is -0.450. The number of nitrogens with one attached hydrogen (secondary N) is 1. The Morgan fingerprint density at radius 3 is 2.88 bits per heavy atom. The fourth-order valence-corrected chi connectivity index (χ4v) is 1.71. The van der Waals surface area contributed by atoms with Gasteiger partial charge in [-0.25, -0.2) is 4.79 Å². The molecule has 1 aromatic carbocycles. The summed E-state index contributed by atoms with van der Waals surface area (Å²) in [6.07, 6.45) is 0.105. The standard InChI is InChI=1S/C12H11NO4/c1-2-17-12(16)7-3-4-9-8(5-7)6-10(14)13-11(9)15/h3-5H,2,6H2,1H3,(H,13,14,15). The number of benzene rings is 1. The summed E-state index contributed by atoms with van der Waals surface area (Å²) in [5.74, 6) is -1.23. The molecule has 0 fully saturated rings. The molecule has 0 atom stereocenters. The molecule has 0 bridgehead atoms. The SMILES string of the molecule is CCOC(=O)c1ccc2c(c1)CC(=O)NC2=O. The van der Waals surface area contributed by atoms with Crippen LogP contribution in [0.1, 0.15) is 33.2 Å². The van der Waals surface area contributed by atoms with Crippen molar-refractivity contribution in [1.29, 1.82) is 0 Å². The third-order valence-electron chi connectivity index (χ3n) is 2.46. The lowest BCUT2D eigenvalue weighted by Crippen LogP contribution is -2.37. The highest BCUT2D eigenvalue weighted by Crippen LogP contribution is 2.17. The molecule has 0 aromatic heterocycles. The molecule has 0 unspecified atom stereocenters. The summed E-state index contributed by atoms with van der Waals surface area (Å²) < 4.78 is 4.85. The van der Waals surface area contributed by atoms with Gasteiger partial charge in [-0.05, 0) is 30.7 Å².